The zero-order valence-electron chi connectivity index (χ0n) is 10.9. The predicted molar refractivity (Wildman–Crippen MR) is 85.3 cm³/mol. The number of hydrogen-bond donors (Lipinski definition) is 2. The van der Waals surface area contributed by atoms with E-state index < -0.39 is 5.25 Å². The van der Waals surface area contributed by atoms with Crippen LogP contribution in [0, 0.1) is 0 Å². The first-order valence-corrected chi connectivity index (χ1v) is 7.57. The molecule has 0 spiro atoms. The van der Waals surface area contributed by atoms with Crippen LogP contribution < -0.4 is 10.9 Å². The van der Waals surface area contributed by atoms with Crippen LogP contribution in [-0.4, -0.2) is 21.1 Å². The van der Waals surface area contributed by atoms with Gasteiger partial charge in [0.15, 0.2) is 5.16 Å². The molecule has 2 rings (SSSR count). The molecule has 1 aromatic carbocycles. The average Bonchev–Trinajstić information content (AvgIpc) is 2.43. The highest BCUT2D eigenvalue weighted by Gasteiger charge is 2.17. The molecule has 0 saturated heterocycles. The summed E-state index contributed by atoms with van der Waals surface area (Å²) in [6, 6.07) is 6.12. The van der Waals surface area contributed by atoms with E-state index in [9.17, 15) is 9.59 Å². The van der Waals surface area contributed by atoms with Crippen molar-refractivity contribution >= 4 is 46.6 Å². The normalized spacial score (nSPS) is 12.0. The molecule has 2 N–H and O–H groups in total. The first-order valence-electron chi connectivity index (χ1n) is 5.93. The number of nitrogens with zero attached hydrogens (tertiary/aromatic N) is 1. The van der Waals surface area contributed by atoms with Crippen LogP contribution in [0.25, 0.3) is 0 Å². The molecular formula is C13H11Cl2N3O2S. The molecule has 1 atom stereocenters. The number of anilines is 1. The summed E-state index contributed by atoms with van der Waals surface area (Å²) in [4.78, 5) is 29.8. The summed E-state index contributed by atoms with van der Waals surface area (Å²) in [5.74, 6) is -0.268. The molecular weight excluding hydrogens is 333 g/mol. The number of hydrogen-bond acceptors (Lipinski definition) is 4. The lowest BCUT2D eigenvalue weighted by Gasteiger charge is -2.12. The Bertz CT molecular complexity index is 721. The Morgan fingerprint density at radius 2 is 2.14 bits per heavy atom. The van der Waals surface area contributed by atoms with Gasteiger partial charge in [0, 0.05) is 17.3 Å². The number of carbonyl (C=O) groups excluding carboxylic acids is 1. The fraction of sp³-hybridized carbons (Fsp3) is 0.154. The Hall–Kier alpha value is -1.50. The van der Waals surface area contributed by atoms with E-state index in [-0.39, 0.29) is 11.5 Å². The molecule has 21 heavy (non-hydrogen) atoms. The van der Waals surface area contributed by atoms with Crippen molar-refractivity contribution in [3.05, 3.63) is 50.9 Å². The fourth-order valence-electron chi connectivity index (χ4n) is 1.46. The molecule has 5 nitrogen and oxygen atoms in total. The summed E-state index contributed by atoms with van der Waals surface area (Å²) in [5.41, 5.74) is 0.175. The summed E-state index contributed by atoms with van der Waals surface area (Å²) in [5, 5.41) is 3.48. The Morgan fingerprint density at radius 3 is 2.86 bits per heavy atom. The number of amides is 1. The van der Waals surface area contributed by atoms with Crippen LogP contribution >= 0.6 is 35.0 Å². The van der Waals surface area contributed by atoms with Crippen LogP contribution in [0.5, 0.6) is 0 Å². The number of aromatic amines is 1. The molecule has 1 aromatic heterocycles. The SMILES string of the molecule is CC(Sc1nccc(=O)[nH]1)C(=O)Nc1cc(Cl)ccc1Cl. The Labute approximate surface area is 135 Å². The van der Waals surface area contributed by atoms with Gasteiger partial charge in [-0.15, -0.1) is 0 Å². The van der Waals surface area contributed by atoms with E-state index in [0.717, 1.165) is 11.8 Å². The quantitative estimate of drug-likeness (QED) is 0.660. The van der Waals surface area contributed by atoms with Gasteiger partial charge in [0.25, 0.3) is 5.56 Å². The van der Waals surface area contributed by atoms with Crippen LogP contribution in [0.2, 0.25) is 10.0 Å². The van der Waals surface area contributed by atoms with Gasteiger partial charge in [0.2, 0.25) is 5.91 Å². The number of nitrogens with one attached hydrogen (secondary N) is 2. The van der Waals surface area contributed by atoms with Crippen LogP contribution in [-0.2, 0) is 4.79 Å². The van der Waals surface area contributed by atoms with Crippen LogP contribution in [0.4, 0.5) is 5.69 Å². The van der Waals surface area contributed by atoms with Gasteiger partial charge >= 0.3 is 0 Å². The molecule has 2 aromatic rings. The van der Waals surface area contributed by atoms with E-state index in [0.29, 0.717) is 20.9 Å². The van der Waals surface area contributed by atoms with E-state index in [4.69, 9.17) is 23.2 Å². The van der Waals surface area contributed by atoms with Gasteiger partial charge in [0.1, 0.15) is 0 Å². The minimum absolute atomic E-state index is 0.266. The second-order valence-corrected chi connectivity index (χ2v) is 6.29. The van der Waals surface area contributed by atoms with Crippen molar-refractivity contribution in [2.45, 2.75) is 17.3 Å². The first-order chi connectivity index (χ1) is 9.95. The van der Waals surface area contributed by atoms with Gasteiger partial charge in [-0.2, -0.15) is 0 Å². The molecule has 0 saturated carbocycles. The maximum atomic E-state index is 12.1. The van der Waals surface area contributed by atoms with Crippen molar-refractivity contribution < 1.29 is 4.79 Å². The number of thioether (sulfide) groups is 1. The van der Waals surface area contributed by atoms with Crippen molar-refractivity contribution in [1.29, 1.82) is 0 Å². The minimum Gasteiger partial charge on any atom is -0.324 e. The standard InChI is InChI=1S/C13H11Cl2N3O2S/c1-7(21-13-16-5-4-11(19)18-13)12(20)17-10-6-8(14)2-3-9(10)15/h2-7H,1H3,(H,17,20)(H,16,18,19). The fourth-order valence-corrected chi connectivity index (χ4v) is 2.58. The predicted octanol–water partition coefficient (Wildman–Crippen LogP) is 3.20. The third-order valence-electron chi connectivity index (χ3n) is 2.49. The molecule has 8 heteroatoms. The van der Waals surface area contributed by atoms with Crippen molar-refractivity contribution in [2.24, 2.45) is 0 Å². The largest absolute Gasteiger partial charge is 0.324 e. The maximum absolute atomic E-state index is 12.1. The van der Waals surface area contributed by atoms with Gasteiger partial charge in [-0.3, -0.25) is 9.59 Å². The highest BCUT2D eigenvalue weighted by Crippen LogP contribution is 2.27. The summed E-state index contributed by atoms with van der Waals surface area (Å²) < 4.78 is 0. The molecule has 1 unspecified atom stereocenters. The number of halogens is 2. The number of H-pyrrole nitrogens is 1. The molecule has 0 aliphatic rings. The maximum Gasteiger partial charge on any atom is 0.251 e. The van der Waals surface area contributed by atoms with Crippen molar-refractivity contribution in [2.75, 3.05) is 5.32 Å². The molecule has 0 fully saturated rings. The second-order valence-electron chi connectivity index (χ2n) is 4.11. The lowest BCUT2D eigenvalue weighted by Crippen LogP contribution is -2.23. The monoisotopic (exact) mass is 343 g/mol. The van der Waals surface area contributed by atoms with Gasteiger partial charge < -0.3 is 10.3 Å². The van der Waals surface area contributed by atoms with Gasteiger partial charge in [-0.25, -0.2) is 4.98 Å². The van der Waals surface area contributed by atoms with E-state index in [1.165, 1.54) is 12.3 Å². The van der Waals surface area contributed by atoms with Gasteiger partial charge in [-0.1, -0.05) is 35.0 Å². The summed E-state index contributed by atoms with van der Waals surface area (Å²) in [6.45, 7) is 1.70. The second kappa shape index (κ2) is 6.98. The molecule has 0 aliphatic carbocycles. The summed E-state index contributed by atoms with van der Waals surface area (Å²) in [7, 11) is 0. The minimum atomic E-state index is -0.467. The Balaban J connectivity index is 2.06. The van der Waals surface area contributed by atoms with E-state index in [1.807, 2.05) is 0 Å². The number of carbonyl (C=O) groups is 1. The first kappa shape index (κ1) is 15.9. The molecule has 0 aliphatic heterocycles. The van der Waals surface area contributed by atoms with Crippen LogP contribution in [0.3, 0.4) is 0 Å². The van der Waals surface area contributed by atoms with E-state index in [2.05, 4.69) is 15.3 Å². The zero-order valence-corrected chi connectivity index (χ0v) is 13.2. The Morgan fingerprint density at radius 1 is 1.38 bits per heavy atom. The summed E-state index contributed by atoms with van der Waals surface area (Å²) in [6.07, 6.45) is 1.39. The molecule has 0 radical (unpaired) electrons. The molecule has 110 valence electrons. The van der Waals surface area contributed by atoms with E-state index >= 15 is 0 Å². The lowest BCUT2D eigenvalue weighted by molar-refractivity contribution is -0.115. The number of rotatable bonds is 4. The topological polar surface area (TPSA) is 74.8 Å². The highest BCUT2D eigenvalue weighted by molar-refractivity contribution is 8.00. The highest BCUT2D eigenvalue weighted by atomic mass is 35.5. The molecule has 0 bridgehead atoms. The number of benzene rings is 1. The van der Waals surface area contributed by atoms with Gasteiger partial charge in [0.05, 0.1) is 16.0 Å². The van der Waals surface area contributed by atoms with Crippen LogP contribution in [0.1, 0.15) is 6.92 Å². The molecule has 1 amide bonds. The lowest BCUT2D eigenvalue weighted by atomic mass is 10.3. The zero-order chi connectivity index (χ0) is 15.4. The third kappa shape index (κ3) is 4.49. The molecule has 1 heterocycles. The average molecular weight is 344 g/mol. The van der Waals surface area contributed by atoms with Crippen molar-refractivity contribution in [3.8, 4) is 0 Å². The van der Waals surface area contributed by atoms with Crippen LogP contribution in [0.15, 0.2) is 40.4 Å². The van der Waals surface area contributed by atoms with Gasteiger partial charge in [-0.05, 0) is 25.1 Å². The van der Waals surface area contributed by atoms with E-state index in [1.54, 1.807) is 25.1 Å². The number of aromatic nitrogens is 2. The van der Waals surface area contributed by atoms with Crippen molar-refractivity contribution in [1.82, 2.24) is 9.97 Å². The smallest absolute Gasteiger partial charge is 0.251 e. The summed E-state index contributed by atoms with van der Waals surface area (Å²) >= 11 is 13.0. The van der Waals surface area contributed by atoms with Crippen molar-refractivity contribution in [3.63, 3.8) is 0 Å². The Kier molecular flexibility index (Phi) is 5.27. The third-order valence-corrected chi connectivity index (χ3v) is 4.05.